The summed E-state index contributed by atoms with van der Waals surface area (Å²) in [5, 5.41) is 3.57. The van der Waals surface area contributed by atoms with Crippen molar-refractivity contribution in [2.75, 3.05) is 12.4 Å². The van der Waals surface area contributed by atoms with E-state index in [2.05, 4.69) is 5.32 Å². The van der Waals surface area contributed by atoms with E-state index in [0.29, 0.717) is 11.6 Å². The van der Waals surface area contributed by atoms with Crippen LogP contribution in [0.3, 0.4) is 0 Å². The molecule has 1 heterocycles. The van der Waals surface area contributed by atoms with E-state index in [4.69, 9.17) is 11.6 Å². The number of rotatable bonds is 4. The van der Waals surface area contributed by atoms with Crippen LogP contribution in [0.25, 0.3) is 5.69 Å². The summed E-state index contributed by atoms with van der Waals surface area (Å²) in [6, 6.07) is 19.0. The van der Waals surface area contributed by atoms with Crippen LogP contribution in [0.2, 0.25) is 5.02 Å². The lowest BCUT2D eigenvalue weighted by atomic mass is 10.2. The molecule has 5 heteroatoms. The lowest BCUT2D eigenvalue weighted by Crippen LogP contribution is -2.30. The highest BCUT2D eigenvalue weighted by Gasteiger charge is 2.11. The van der Waals surface area contributed by atoms with E-state index >= 15 is 0 Å². The highest BCUT2D eigenvalue weighted by Crippen LogP contribution is 2.18. The van der Waals surface area contributed by atoms with Crippen LogP contribution in [-0.2, 0) is 6.54 Å². The number of carbonyl (C=O) groups is 1. The van der Waals surface area contributed by atoms with Crippen LogP contribution in [0.15, 0.2) is 73.1 Å². The first-order valence-corrected chi connectivity index (χ1v) is 8.00. The van der Waals surface area contributed by atoms with Gasteiger partial charge in [-0.05, 0) is 42.0 Å². The quantitative estimate of drug-likeness (QED) is 0.728. The zero-order chi connectivity index (χ0) is 16.9. The van der Waals surface area contributed by atoms with Crippen molar-refractivity contribution >= 4 is 23.3 Å². The number of benzene rings is 2. The lowest BCUT2D eigenvalue weighted by molar-refractivity contribution is 0.220. The Labute approximate surface area is 146 Å². The Balaban J connectivity index is 1.68. The van der Waals surface area contributed by atoms with Crippen molar-refractivity contribution in [3.8, 4) is 5.69 Å². The molecule has 0 bridgehead atoms. The van der Waals surface area contributed by atoms with Crippen molar-refractivity contribution in [2.45, 2.75) is 6.54 Å². The molecule has 0 radical (unpaired) electrons. The number of urea groups is 1. The monoisotopic (exact) mass is 339 g/mol. The van der Waals surface area contributed by atoms with Crippen LogP contribution < -0.4 is 5.32 Å². The molecule has 0 spiro atoms. The van der Waals surface area contributed by atoms with Gasteiger partial charge in [-0.3, -0.25) is 0 Å². The molecule has 24 heavy (non-hydrogen) atoms. The topological polar surface area (TPSA) is 37.3 Å². The highest BCUT2D eigenvalue weighted by molar-refractivity contribution is 6.31. The Kier molecular flexibility index (Phi) is 4.87. The standard InChI is InChI=1S/C19H18ClN3O/c1-22(14-15-7-2-3-10-18(15)20)19(24)21-16-8-6-9-17(13-16)23-11-4-5-12-23/h2-13H,14H2,1H3,(H,21,24). The van der Waals surface area contributed by atoms with Crippen LogP contribution >= 0.6 is 11.6 Å². The molecule has 1 aromatic heterocycles. The van der Waals surface area contributed by atoms with Gasteiger partial charge in [0.15, 0.2) is 0 Å². The molecule has 4 nitrogen and oxygen atoms in total. The largest absolute Gasteiger partial charge is 0.324 e. The maximum Gasteiger partial charge on any atom is 0.321 e. The van der Waals surface area contributed by atoms with Gasteiger partial charge in [-0.2, -0.15) is 0 Å². The van der Waals surface area contributed by atoms with Crippen LogP contribution in [0, 0.1) is 0 Å². The normalized spacial score (nSPS) is 10.4. The Hall–Kier alpha value is -2.72. The molecule has 0 aliphatic carbocycles. The van der Waals surface area contributed by atoms with Gasteiger partial charge in [-0.1, -0.05) is 35.9 Å². The molecule has 0 saturated carbocycles. The molecule has 1 N–H and O–H groups in total. The van der Waals surface area contributed by atoms with Gasteiger partial charge in [0.25, 0.3) is 0 Å². The van der Waals surface area contributed by atoms with E-state index in [1.54, 1.807) is 11.9 Å². The molecule has 0 fully saturated rings. The summed E-state index contributed by atoms with van der Waals surface area (Å²) < 4.78 is 1.99. The van der Waals surface area contributed by atoms with Gasteiger partial charge in [-0.15, -0.1) is 0 Å². The summed E-state index contributed by atoms with van der Waals surface area (Å²) in [5.74, 6) is 0. The third-order valence-electron chi connectivity index (χ3n) is 3.71. The molecule has 122 valence electrons. The van der Waals surface area contributed by atoms with Gasteiger partial charge >= 0.3 is 6.03 Å². The fourth-order valence-corrected chi connectivity index (χ4v) is 2.62. The Bertz CT molecular complexity index is 830. The smallest absolute Gasteiger partial charge is 0.321 e. The summed E-state index contributed by atoms with van der Waals surface area (Å²) in [4.78, 5) is 14.0. The summed E-state index contributed by atoms with van der Waals surface area (Å²) in [5.41, 5.74) is 2.65. The number of nitrogens with one attached hydrogen (secondary N) is 1. The van der Waals surface area contributed by atoms with E-state index in [9.17, 15) is 4.79 Å². The van der Waals surface area contributed by atoms with Crippen molar-refractivity contribution in [1.29, 1.82) is 0 Å². The number of anilines is 1. The van der Waals surface area contributed by atoms with E-state index in [-0.39, 0.29) is 6.03 Å². The third-order valence-corrected chi connectivity index (χ3v) is 4.08. The minimum Gasteiger partial charge on any atom is -0.324 e. The second kappa shape index (κ2) is 7.23. The third kappa shape index (κ3) is 3.78. The van der Waals surface area contributed by atoms with Gasteiger partial charge < -0.3 is 14.8 Å². The highest BCUT2D eigenvalue weighted by atomic mass is 35.5. The maximum absolute atomic E-state index is 12.4. The molecule has 3 aromatic rings. The fraction of sp³-hybridized carbons (Fsp3) is 0.105. The van der Waals surface area contributed by atoms with Crippen molar-refractivity contribution in [1.82, 2.24) is 9.47 Å². The van der Waals surface area contributed by atoms with Crippen molar-refractivity contribution in [2.24, 2.45) is 0 Å². The van der Waals surface area contributed by atoms with Gasteiger partial charge in [0.1, 0.15) is 0 Å². The first-order valence-electron chi connectivity index (χ1n) is 7.62. The number of hydrogen-bond donors (Lipinski definition) is 1. The van der Waals surface area contributed by atoms with Crippen LogP contribution in [0.1, 0.15) is 5.56 Å². The van der Waals surface area contributed by atoms with E-state index in [1.807, 2.05) is 77.6 Å². The number of amides is 2. The summed E-state index contributed by atoms with van der Waals surface area (Å²) >= 11 is 6.15. The SMILES string of the molecule is CN(Cc1ccccc1Cl)C(=O)Nc1cccc(-n2cccc2)c1. The van der Waals surface area contributed by atoms with Gasteiger partial charge in [-0.25, -0.2) is 4.79 Å². The molecule has 2 aromatic carbocycles. The minimum absolute atomic E-state index is 0.181. The number of hydrogen-bond acceptors (Lipinski definition) is 1. The molecular weight excluding hydrogens is 322 g/mol. The second-order valence-electron chi connectivity index (χ2n) is 5.52. The molecule has 0 atom stereocenters. The number of nitrogens with zero attached hydrogens (tertiary/aromatic N) is 2. The Morgan fingerprint density at radius 2 is 1.83 bits per heavy atom. The first kappa shape index (κ1) is 16.1. The van der Waals surface area contributed by atoms with Gasteiger partial charge in [0.05, 0.1) is 0 Å². The number of halogens is 1. The molecule has 0 aliphatic heterocycles. The van der Waals surface area contributed by atoms with Gasteiger partial charge in [0, 0.05) is 42.4 Å². The van der Waals surface area contributed by atoms with Crippen molar-refractivity contribution < 1.29 is 4.79 Å². The average molecular weight is 340 g/mol. The van der Waals surface area contributed by atoms with E-state index < -0.39 is 0 Å². The van der Waals surface area contributed by atoms with E-state index in [0.717, 1.165) is 16.9 Å². The average Bonchev–Trinajstić information content (AvgIpc) is 3.12. The fourth-order valence-electron chi connectivity index (χ4n) is 2.42. The zero-order valence-electron chi connectivity index (χ0n) is 13.3. The summed E-state index contributed by atoms with van der Waals surface area (Å²) in [6.45, 7) is 0.447. The van der Waals surface area contributed by atoms with Crippen LogP contribution in [0.5, 0.6) is 0 Å². The van der Waals surface area contributed by atoms with Gasteiger partial charge in [0.2, 0.25) is 0 Å². The Morgan fingerprint density at radius 1 is 1.08 bits per heavy atom. The maximum atomic E-state index is 12.4. The summed E-state index contributed by atoms with van der Waals surface area (Å²) in [7, 11) is 1.74. The first-order chi connectivity index (χ1) is 11.6. The van der Waals surface area contributed by atoms with E-state index in [1.165, 1.54) is 0 Å². The van der Waals surface area contributed by atoms with Crippen molar-refractivity contribution in [3.63, 3.8) is 0 Å². The predicted molar refractivity (Wildman–Crippen MR) is 97.7 cm³/mol. The number of carbonyl (C=O) groups excluding carboxylic acids is 1. The minimum atomic E-state index is -0.181. The number of aromatic nitrogens is 1. The zero-order valence-corrected chi connectivity index (χ0v) is 14.1. The van der Waals surface area contributed by atoms with Crippen LogP contribution in [-0.4, -0.2) is 22.5 Å². The Morgan fingerprint density at radius 3 is 2.58 bits per heavy atom. The predicted octanol–water partition coefficient (Wildman–Crippen LogP) is 4.79. The van der Waals surface area contributed by atoms with Crippen molar-refractivity contribution in [3.05, 3.63) is 83.6 Å². The molecule has 2 amide bonds. The molecule has 3 rings (SSSR count). The summed E-state index contributed by atoms with van der Waals surface area (Å²) in [6.07, 6.45) is 3.93. The molecule has 0 saturated heterocycles. The van der Waals surface area contributed by atoms with Crippen LogP contribution in [0.4, 0.5) is 10.5 Å². The molecule has 0 aliphatic rings. The lowest BCUT2D eigenvalue weighted by Gasteiger charge is -2.19. The molecule has 0 unspecified atom stereocenters. The second-order valence-corrected chi connectivity index (χ2v) is 5.93. The molecular formula is C19H18ClN3O.